The molecule has 0 aliphatic heterocycles. The van der Waals surface area contributed by atoms with Crippen molar-refractivity contribution in [3.63, 3.8) is 0 Å². The maximum atomic E-state index is 5.93. The minimum atomic E-state index is -0.214. The number of hydrogen-bond acceptors (Lipinski definition) is 2. The first kappa shape index (κ1) is 17.5. The van der Waals surface area contributed by atoms with Gasteiger partial charge >= 0.3 is 0 Å². The van der Waals surface area contributed by atoms with E-state index < -0.39 is 0 Å². The van der Waals surface area contributed by atoms with Gasteiger partial charge in [-0.25, -0.2) is 0 Å². The van der Waals surface area contributed by atoms with Crippen molar-refractivity contribution >= 4 is 0 Å². The third-order valence-corrected chi connectivity index (χ3v) is 4.18. The topological polar surface area (TPSA) is 18.5 Å². The van der Waals surface area contributed by atoms with E-state index in [0.717, 1.165) is 25.0 Å². The maximum Gasteiger partial charge on any atom is 0.100 e. The molecule has 0 aliphatic rings. The van der Waals surface area contributed by atoms with Crippen LogP contribution < -0.4 is 0 Å². The second-order valence-corrected chi connectivity index (χ2v) is 5.38. The Hall–Kier alpha value is -0.500. The minimum Gasteiger partial charge on any atom is -0.501 e. The highest BCUT2D eigenvalue weighted by Gasteiger charge is 2.37. The molecule has 0 saturated heterocycles. The Morgan fingerprint density at radius 2 is 1.56 bits per heavy atom. The van der Waals surface area contributed by atoms with Crippen LogP contribution in [0, 0.1) is 11.8 Å². The molecule has 0 fully saturated rings. The Bertz CT molecular complexity index is 264. The molecule has 0 rings (SSSR count). The Balaban J connectivity index is 5.70. The van der Waals surface area contributed by atoms with Gasteiger partial charge in [-0.05, 0) is 24.8 Å². The summed E-state index contributed by atoms with van der Waals surface area (Å²) in [5.74, 6) is 2.02. The molecule has 2 heteroatoms. The van der Waals surface area contributed by atoms with E-state index in [-0.39, 0.29) is 5.60 Å². The average Bonchev–Trinajstić information content (AvgIpc) is 2.36. The second kappa shape index (κ2) is 7.83. The summed E-state index contributed by atoms with van der Waals surface area (Å²) in [4.78, 5) is 0. The van der Waals surface area contributed by atoms with Gasteiger partial charge in [-0.15, -0.1) is 0 Å². The SMILES string of the molecule is CC/C(=C(/OC)C(C)C)C(C)(OC)C(CC)CC. The lowest BCUT2D eigenvalue weighted by Crippen LogP contribution is -2.39. The predicted molar refractivity (Wildman–Crippen MR) is 78.7 cm³/mol. The fourth-order valence-corrected chi connectivity index (χ4v) is 3.08. The Kier molecular flexibility index (Phi) is 7.61. The summed E-state index contributed by atoms with van der Waals surface area (Å²) in [5, 5.41) is 0. The molecule has 1 atom stereocenters. The summed E-state index contributed by atoms with van der Waals surface area (Å²) >= 11 is 0. The van der Waals surface area contributed by atoms with Crippen molar-refractivity contribution in [2.75, 3.05) is 14.2 Å². The highest BCUT2D eigenvalue weighted by Crippen LogP contribution is 2.38. The largest absolute Gasteiger partial charge is 0.501 e. The summed E-state index contributed by atoms with van der Waals surface area (Å²) in [7, 11) is 3.59. The van der Waals surface area contributed by atoms with E-state index in [1.54, 1.807) is 7.11 Å². The summed E-state index contributed by atoms with van der Waals surface area (Å²) in [5.41, 5.74) is 1.10. The molecule has 0 saturated carbocycles. The number of hydrogen-bond donors (Lipinski definition) is 0. The normalized spacial score (nSPS) is 16.8. The van der Waals surface area contributed by atoms with Crippen LogP contribution >= 0.6 is 0 Å². The molecule has 0 aromatic carbocycles. The fourth-order valence-electron chi connectivity index (χ4n) is 3.08. The molecule has 0 amide bonds. The zero-order valence-corrected chi connectivity index (χ0v) is 13.6. The first-order valence-corrected chi connectivity index (χ1v) is 7.25. The smallest absolute Gasteiger partial charge is 0.100 e. The van der Waals surface area contributed by atoms with Crippen molar-refractivity contribution in [3.8, 4) is 0 Å². The highest BCUT2D eigenvalue weighted by atomic mass is 16.5. The van der Waals surface area contributed by atoms with Gasteiger partial charge in [0, 0.05) is 13.0 Å². The van der Waals surface area contributed by atoms with Crippen molar-refractivity contribution in [1.82, 2.24) is 0 Å². The summed E-state index contributed by atoms with van der Waals surface area (Å²) in [6.45, 7) is 13.2. The van der Waals surface area contributed by atoms with Crippen molar-refractivity contribution in [2.45, 2.75) is 66.4 Å². The standard InChI is InChI=1S/C16H32O2/c1-9-13(10-2)16(6,18-8)14(11-3)15(17-7)12(4)5/h12-13H,9-11H2,1-8H3/b15-14-. The summed E-state index contributed by atoms with van der Waals surface area (Å²) < 4.78 is 11.6. The van der Waals surface area contributed by atoms with E-state index >= 15 is 0 Å². The lowest BCUT2D eigenvalue weighted by atomic mass is 9.76. The van der Waals surface area contributed by atoms with Crippen LogP contribution in [0.25, 0.3) is 0 Å². The van der Waals surface area contributed by atoms with Crippen molar-refractivity contribution in [2.24, 2.45) is 11.8 Å². The van der Waals surface area contributed by atoms with E-state index in [4.69, 9.17) is 9.47 Å². The number of ether oxygens (including phenoxy) is 2. The zero-order valence-electron chi connectivity index (χ0n) is 13.6. The van der Waals surface area contributed by atoms with Gasteiger partial charge < -0.3 is 9.47 Å². The van der Waals surface area contributed by atoms with Gasteiger partial charge in [-0.2, -0.15) is 0 Å². The molecular formula is C16H32O2. The molecule has 1 unspecified atom stereocenters. The van der Waals surface area contributed by atoms with Gasteiger partial charge in [0.25, 0.3) is 0 Å². The number of methoxy groups -OCH3 is 2. The van der Waals surface area contributed by atoms with Crippen LogP contribution in [0.3, 0.4) is 0 Å². The van der Waals surface area contributed by atoms with Crippen LogP contribution in [0.4, 0.5) is 0 Å². The molecule has 0 aliphatic carbocycles. The number of allylic oxidation sites excluding steroid dienone is 1. The van der Waals surface area contributed by atoms with Crippen molar-refractivity contribution in [1.29, 1.82) is 0 Å². The third kappa shape index (κ3) is 3.50. The van der Waals surface area contributed by atoms with Gasteiger partial charge in [0.15, 0.2) is 0 Å². The zero-order chi connectivity index (χ0) is 14.3. The van der Waals surface area contributed by atoms with E-state index in [0.29, 0.717) is 11.8 Å². The number of rotatable bonds is 8. The van der Waals surface area contributed by atoms with Gasteiger partial charge in [0.1, 0.15) is 5.76 Å². The van der Waals surface area contributed by atoms with E-state index in [1.807, 2.05) is 7.11 Å². The first-order chi connectivity index (χ1) is 8.42. The molecule has 18 heavy (non-hydrogen) atoms. The first-order valence-electron chi connectivity index (χ1n) is 7.25. The van der Waals surface area contributed by atoms with Crippen LogP contribution in [-0.2, 0) is 9.47 Å². The van der Waals surface area contributed by atoms with Crippen molar-refractivity contribution in [3.05, 3.63) is 11.3 Å². The molecular weight excluding hydrogens is 224 g/mol. The Morgan fingerprint density at radius 3 is 1.78 bits per heavy atom. The van der Waals surface area contributed by atoms with Gasteiger partial charge in [-0.1, -0.05) is 47.5 Å². The highest BCUT2D eigenvalue weighted by molar-refractivity contribution is 5.22. The van der Waals surface area contributed by atoms with Crippen LogP contribution in [0.2, 0.25) is 0 Å². The Labute approximate surface area is 114 Å². The van der Waals surface area contributed by atoms with Crippen LogP contribution in [-0.4, -0.2) is 19.8 Å². The molecule has 0 aromatic rings. The van der Waals surface area contributed by atoms with Gasteiger partial charge in [-0.3, -0.25) is 0 Å². The third-order valence-electron chi connectivity index (χ3n) is 4.18. The summed E-state index contributed by atoms with van der Waals surface area (Å²) in [6, 6.07) is 0. The molecule has 2 nitrogen and oxygen atoms in total. The maximum absolute atomic E-state index is 5.93. The molecule has 0 bridgehead atoms. The lowest BCUT2D eigenvalue weighted by Gasteiger charge is -2.39. The van der Waals surface area contributed by atoms with Crippen LogP contribution in [0.1, 0.15) is 60.8 Å². The monoisotopic (exact) mass is 256 g/mol. The molecule has 0 N–H and O–H groups in total. The lowest BCUT2D eigenvalue weighted by molar-refractivity contribution is -0.0222. The Morgan fingerprint density at radius 1 is 1.06 bits per heavy atom. The van der Waals surface area contributed by atoms with E-state index in [9.17, 15) is 0 Å². The molecule has 0 heterocycles. The van der Waals surface area contributed by atoms with Crippen molar-refractivity contribution < 1.29 is 9.47 Å². The minimum absolute atomic E-state index is 0.214. The average molecular weight is 256 g/mol. The molecule has 0 radical (unpaired) electrons. The van der Waals surface area contributed by atoms with Crippen LogP contribution in [0.5, 0.6) is 0 Å². The predicted octanol–water partition coefficient (Wildman–Crippen LogP) is 4.79. The van der Waals surface area contributed by atoms with Gasteiger partial charge in [0.2, 0.25) is 0 Å². The summed E-state index contributed by atoms with van der Waals surface area (Å²) in [6.07, 6.45) is 3.22. The quantitative estimate of drug-likeness (QED) is 0.581. The van der Waals surface area contributed by atoms with Gasteiger partial charge in [0.05, 0.1) is 12.7 Å². The van der Waals surface area contributed by atoms with E-state index in [1.165, 1.54) is 5.57 Å². The molecule has 0 spiro atoms. The second-order valence-electron chi connectivity index (χ2n) is 5.38. The molecule has 108 valence electrons. The van der Waals surface area contributed by atoms with E-state index in [2.05, 4.69) is 41.5 Å². The fraction of sp³-hybridized carbons (Fsp3) is 0.875. The molecule has 0 aromatic heterocycles. The van der Waals surface area contributed by atoms with Crippen LogP contribution in [0.15, 0.2) is 11.3 Å².